The minimum Gasteiger partial charge on any atom is -0.307 e. The summed E-state index contributed by atoms with van der Waals surface area (Å²) >= 11 is 0. The molecule has 37 heavy (non-hydrogen) atoms. The van der Waals surface area contributed by atoms with E-state index in [-0.39, 0.29) is 5.41 Å². The van der Waals surface area contributed by atoms with Crippen molar-refractivity contribution in [3.8, 4) is 11.1 Å². The molecule has 0 spiro atoms. The summed E-state index contributed by atoms with van der Waals surface area (Å²) in [5.74, 6) is 0. The summed E-state index contributed by atoms with van der Waals surface area (Å²) < 4.78 is 4.89. The minimum absolute atomic E-state index is 0.237. The highest BCUT2D eigenvalue weighted by Crippen LogP contribution is 2.43. The van der Waals surface area contributed by atoms with Crippen LogP contribution < -0.4 is 4.57 Å². The van der Waals surface area contributed by atoms with Gasteiger partial charge in [0.2, 0.25) is 5.52 Å². The molecular formula is C35H33N2+. The van der Waals surface area contributed by atoms with Crippen molar-refractivity contribution in [1.29, 1.82) is 0 Å². The molecule has 0 fully saturated rings. The number of nitrogens with zero attached hydrogens (tertiary/aromatic N) is 2. The molecule has 182 valence electrons. The Labute approximate surface area is 218 Å². The van der Waals surface area contributed by atoms with Crippen molar-refractivity contribution in [3.05, 3.63) is 95.7 Å². The lowest BCUT2D eigenvalue weighted by Crippen LogP contribution is -2.29. The van der Waals surface area contributed by atoms with Crippen molar-refractivity contribution in [2.24, 2.45) is 12.5 Å². The van der Waals surface area contributed by atoms with Crippen LogP contribution in [-0.4, -0.2) is 4.40 Å². The van der Waals surface area contributed by atoms with Crippen molar-refractivity contribution < 1.29 is 4.57 Å². The first kappa shape index (κ1) is 22.3. The van der Waals surface area contributed by atoms with E-state index in [0.29, 0.717) is 0 Å². The fourth-order valence-electron chi connectivity index (χ4n) is 6.47. The lowest BCUT2D eigenvalue weighted by Gasteiger charge is -2.18. The summed E-state index contributed by atoms with van der Waals surface area (Å²) in [5, 5.41) is 6.69. The van der Waals surface area contributed by atoms with Gasteiger partial charge in [0, 0.05) is 16.8 Å². The van der Waals surface area contributed by atoms with Gasteiger partial charge in [0.1, 0.15) is 7.05 Å². The van der Waals surface area contributed by atoms with Crippen LogP contribution in [0.15, 0.2) is 79.0 Å². The van der Waals surface area contributed by atoms with Gasteiger partial charge < -0.3 is 4.40 Å². The Hall–Kier alpha value is -3.91. The quantitative estimate of drug-likeness (QED) is 0.133. The van der Waals surface area contributed by atoms with E-state index in [1.54, 1.807) is 0 Å². The van der Waals surface area contributed by atoms with E-state index >= 15 is 0 Å². The van der Waals surface area contributed by atoms with Crippen molar-refractivity contribution in [2.45, 2.75) is 41.0 Å². The largest absolute Gasteiger partial charge is 0.307 e. The van der Waals surface area contributed by atoms with E-state index < -0.39 is 0 Å². The van der Waals surface area contributed by atoms with Crippen LogP contribution in [0.1, 0.15) is 37.5 Å². The predicted octanol–water partition coefficient (Wildman–Crippen LogP) is 8.69. The average molecular weight is 482 g/mol. The molecule has 3 heterocycles. The fourth-order valence-corrected chi connectivity index (χ4v) is 6.47. The highest BCUT2D eigenvalue weighted by atomic mass is 15.0. The Kier molecular flexibility index (Phi) is 4.55. The zero-order valence-corrected chi connectivity index (χ0v) is 22.6. The summed E-state index contributed by atoms with van der Waals surface area (Å²) in [6.45, 7) is 11.5. The number of pyridine rings is 2. The maximum absolute atomic E-state index is 2.57. The van der Waals surface area contributed by atoms with E-state index in [4.69, 9.17) is 0 Å². The van der Waals surface area contributed by atoms with Gasteiger partial charge in [-0.3, -0.25) is 0 Å². The molecule has 0 radical (unpaired) electrons. The number of rotatable bonds is 2. The van der Waals surface area contributed by atoms with E-state index in [0.717, 1.165) is 6.42 Å². The zero-order chi connectivity index (χ0) is 25.6. The molecule has 7 aromatic rings. The van der Waals surface area contributed by atoms with Crippen LogP contribution in [0.3, 0.4) is 0 Å². The molecule has 0 atom stereocenters. The third-order valence-electron chi connectivity index (χ3n) is 8.17. The predicted molar refractivity (Wildman–Crippen MR) is 158 cm³/mol. The number of aryl methyl sites for hydroxylation is 3. The molecule has 0 amide bonds. The third-order valence-corrected chi connectivity index (χ3v) is 8.17. The van der Waals surface area contributed by atoms with Gasteiger partial charge in [-0.2, -0.15) is 0 Å². The summed E-state index contributed by atoms with van der Waals surface area (Å²) in [6, 6.07) is 27.4. The van der Waals surface area contributed by atoms with Gasteiger partial charge in [0.15, 0.2) is 6.20 Å². The first-order valence-corrected chi connectivity index (χ1v) is 13.3. The van der Waals surface area contributed by atoms with Gasteiger partial charge in [-0.05, 0) is 83.2 Å². The molecule has 0 bridgehead atoms. The van der Waals surface area contributed by atoms with Crippen LogP contribution in [0, 0.1) is 19.3 Å². The molecule has 0 aliphatic rings. The van der Waals surface area contributed by atoms with E-state index in [2.05, 4.69) is 130 Å². The summed E-state index contributed by atoms with van der Waals surface area (Å²) in [6.07, 6.45) is 3.28. The SMILES string of the molecule is Cc1cc2c3ccc(CC(C)(C)C)cc3n3c4cc(-c5ccccc5)cc5cc[n+](C)c(c(c1C)c23)c54. The maximum atomic E-state index is 2.57. The molecule has 0 saturated carbocycles. The van der Waals surface area contributed by atoms with Crippen molar-refractivity contribution in [3.63, 3.8) is 0 Å². The lowest BCUT2D eigenvalue weighted by molar-refractivity contribution is -0.643. The first-order chi connectivity index (χ1) is 17.7. The Morgan fingerprint density at radius 2 is 1.54 bits per heavy atom. The van der Waals surface area contributed by atoms with Gasteiger partial charge in [-0.1, -0.05) is 63.2 Å². The summed E-state index contributed by atoms with van der Waals surface area (Å²) in [4.78, 5) is 0. The third kappa shape index (κ3) is 3.21. The molecule has 0 saturated heterocycles. The minimum atomic E-state index is 0.237. The molecule has 2 nitrogen and oxygen atoms in total. The number of hydrogen-bond donors (Lipinski definition) is 0. The van der Waals surface area contributed by atoms with Crippen LogP contribution in [0.5, 0.6) is 0 Å². The second-order valence-corrected chi connectivity index (χ2v) is 12.1. The van der Waals surface area contributed by atoms with Gasteiger partial charge in [0.05, 0.1) is 27.3 Å². The van der Waals surface area contributed by atoms with E-state index in [1.807, 2.05) is 0 Å². The second-order valence-electron chi connectivity index (χ2n) is 12.1. The van der Waals surface area contributed by atoms with Crippen LogP contribution >= 0.6 is 0 Å². The normalized spacial score (nSPS) is 12.7. The Morgan fingerprint density at radius 1 is 0.757 bits per heavy atom. The van der Waals surface area contributed by atoms with Crippen molar-refractivity contribution >= 4 is 49.0 Å². The van der Waals surface area contributed by atoms with E-state index in [9.17, 15) is 0 Å². The molecule has 3 aromatic heterocycles. The van der Waals surface area contributed by atoms with Crippen LogP contribution in [0.25, 0.3) is 60.1 Å². The second kappa shape index (κ2) is 7.55. The standard InChI is InChI=1S/C35H33N2/c1-21-16-28-27-13-12-23(20-35(3,4)5)17-29(27)37-30-19-26(24-10-8-7-9-11-24)18-25-14-15-36(6)34(32(25)30)31(22(21)2)33(28)37/h7-19H,20H2,1-6H3/q+1. The van der Waals surface area contributed by atoms with Gasteiger partial charge in [-0.25, -0.2) is 4.57 Å². The van der Waals surface area contributed by atoms with Crippen LogP contribution in [0.2, 0.25) is 0 Å². The van der Waals surface area contributed by atoms with Gasteiger partial charge in [0.25, 0.3) is 0 Å². The average Bonchev–Trinajstić information content (AvgIpc) is 3.18. The topological polar surface area (TPSA) is 8.29 Å². The molecule has 0 unspecified atom stereocenters. The highest BCUT2D eigenvalue weighted by molar-refractivity contribution is 6.26. The van der Waals surface area contributed by atoms with Crippen molar-refractivity contribution in [1.82, 2.24) is 4.40 Å². The molecule has 0 aliphatic carbocycles. The molecule has 2 heteroatoms. The monoisotopic (exact) mass is 481 g/mol. The Morgan fingerprint density at radius 3 is 2.30 bits per heavy atom. The maximum Gasteiger partial charge on any atom is 0.224 e. The van der Waals surface area contributed by atoms with Gasteiger partial charge >= 0.3 is 0 Å². The number of hydrogen-bond acceptors (Lipinski definition) is 0. The van der Waals surface area contributed by atoms with Gasteiger partial charge in [-0.15, -0.1) is 0 Å². The van der Waals surface area contributed by atoms with Crippen LogP contribution in [-0.2, 0) is 13.5 Å². The zero-order valence-electron chi connectivity index (χ0n) is 22.6. The summed E-state index contributed by atoms with van der Waals surface area (Å²) in [5.41, 5.74) is 12.1. The fraction of sp³-hybridized carbons (Fsp3) is 0.229. The van der Waals surface area contributed by atoms with Crippen molar-refractivity contribution in [2.75, 3.05) is 0 Å². The Balaban J connectivity index is 1.77. The number of aromatic nitrogens is 2. The molecular weight excluding hydrogens is 448 g/mol. The molecule has 7 rings (SSSR count). The Bertz CT molecular complexity index is 2000. The van der Waals surface area contributed by atoms with E-state index in [1.165, 1.54) is 76.8 Å². The molecule has 0 N–H and O–H groups in total. The van der Waals surface area contributed by atoms with Crippen LogP contribution in [0.4, 0.5) is 0 Å². The summed E-state index contributed by atoms with van der Waals surface area (Å²) in [7, 11) is 2.19. The number of benzene rings is 4. The lowest BCUT2D eigenvalue weighted by atomic mass is 9.88. The first-order valence-electron chi connectivity index (χ1n) is 13.3. The molecule has 4 aromatic carbocycles. The smallest absolute Gasteiger partial charge is 0.224 e. The number of fused-ring (bicyclic) bond motifs is 5. The highest BCUT2D eigenvalue weighted by Gasteiger charge is 2.25. The molecule has 0 aliphatic heterocycles.